The number of esters is 1. The number of ether oxygens (including phenoxy) is 1. The summed E-state index contributed by atoms with van der Waals surface area (Å²) in [7, 11) is 3.73. The number of piperidine rings is 1. The van der Waals surface area contributed by atoms with Crippen LogP contribution in [0.5, 0.6) is 0 Å². The SMILES string of the molecule is COC(=O)[C@@H]1C[C@H]2CC[C@H]([C@H]1Cc1ccccc1)N2C. The van der Waals surface area contributed by atoms with Gasteiger partial charge in [0.25, 0.3) is 0 Å². The van der Waals surface area contributed by atoms with E-state index in [9.17, 15) is 4.79 Å². The second kappa shape index (κ2) is 5.57. The number of hydrogen-bond acceptors (Lipinski definition) is 3. The maximum atomic E-state index is 12.2. The third-order valence-electron chi connectivity index (χ3n) is 5.25. The first kappa shape index (κ1) is 13.6. The maximum Gasteiger partial charge on any atom is 0.309 e. The minimum absolute atomic E-state index is 0.0177. The Bertz CT molecular complexity index is 473. The number of carbonyl (C=O) groups is 1. The fraction of sp³-hybridized carbons (Fsp3) is 0.588. The highest BCUT2D eigenvalue weighted by Gasteiger charge is 2.48. The van der Waals surface area contributed by atoms with Gasteiger partial charge in [-0.15, -0.1) is 0 Å². The minimum Gasteiger partial charge on any atom is -0.469 e. The molecule has 0 saturated carbocycles. The van der Waals surface area contributed by atoms with Crippen LogP contribution in [-0.2, 0) is 16.0 Å². The Morgan fingerprint density at radius 3 is 2.75 bits per heavy atom. The van der Waals surface area contributed by atoms with E-state index in [1.54, 1.807) is 0 Å². The molecule has 2 fully saturated rings. The van der Waals surface area contributed by atoms with Crippen molar-refractivity contribution in [2.24, 2.45) is 11.8 Å². The lowest BCUT2D eigenvalue weighted by Gasteiger charge is -2.42. The Labute approximate surface area is 120 Å². The lowest BCUT2D eigenvalue weighted by Crippen LogP contribution is -2.49. The highest BCUT2D eigenvalue weighted by molar-refractivity contribution is 5.73. The van der Waals surface area contributed by atoms with Crippen molar-refractivity contribution in [3.8, 4) is 0 Å². The summed E-state index contributed by atoms with van der Waals surface area (Å²) in [5, 5.41) is 0. The average Bonchev–Trinajstić information content (AvgIpc) is 2.72. The molecule has 1 aromatic rings. The van der Waals surface area contributed by atoms with Crippen molar-refractivity contribution in [3.63, 3.8) is 0 Å². The first-order valence-corrected chi connectivity index (χ1v) is 7.54. The van der Waals surface area contributed by atoms with Crippen LogP contribution in [0.15, 0.2) is 30.3 Å². The zero-order chi connectivity index (χ0) is 14.1. The van der Waals surface area contributed by atoms with E-state index in [1.807, 2.05) is 6.07 Å². The molecule has 0 amide bonds. The summed E-state index contributed by atoms with van der Waals surface area (Å²) in [6.45, 7) is 0. The predicted octanol–water partition coefficient (Wildman–Crippen LogP) is 2.50. The lowest BCUT2D eigenvalue weighted by atomic mass is 9.77. The van der Waals surface area contributed by atoms with Crippen LogP contribution < -0.4 is 0 Å². The molecule has 0 N–H and O–H groups in total. The van der Waals surface area contributed by atoms with Crippen molar-refractivity contribution >= 4 is 5.97 Å². The van der Waals surface area contributed by atoms with Gasteiger partial charge in [0.05, 0.1) is 13.0 Å². The van der Waals surface area contributed by atoms with Crippen LogP contribution >= 0.6 is 0 Å². The van der Waals surface area contributed by atoms with Crippen molar-refractivity contribution in [1.82, 2.24) is 4.90 Å². The van der Waals surface area contributed by atoms with Gasteiger partial charge in [-0.05, 0) is 44.2 Å². The van der Waals surface area contributed by atoms with Crippen molar-refractivity contribution in [2.75, 3.05) is 14.2 Å². The third kappa shape index (κ3) is 2.35. The Morgan fingerprint density at radius 1 is 1.30 bits per heavy atom. The fourth-order valence-electron chi connectivity index (χ4n) is 4.16. The van der Waals surface area contributed by atoms with Gasteiger partial charge in [0, 0.05) is 12.1 Å². The van der Waals surface area contributed by atoms with Crippen LogP contribution in [0.25, 0.3) is 0 Å². The molecule has 0 radical (unpaired) electrons. The van der Waals surface area contributed by atoms with Crippen LogP contribution in [0, 0.1) is 11.8 Å². The number of hydrogen-bond donors (Lipinski definition) is 0. The van der Waals surface area contributed by atoms with Crippen LogP contribution in [0.3, 0.4) is 0 Å². The molecule has 3 rings (SSSR count). The van der Waals surface area contributed by atoms with Crippen LogP contribution in [0.2, 0.25) is 0 Å². The molecule has 2 bridgehead atoms. The van der Waals surface area contributed by atoms with Crippen molar-refractivity contribution < 1.29 is 9.53 Å². The summed E-state index contributed by atoms with van der Waals surface area (Å²) in [4.78, 5) is 14.6. The summed E-state index contributed by atoms with van der Waals surface area (Å²) in [5.41, 5.74) is 1.32. The highest BCUT2D eigenvalue weighted by Crippen LogP contribution is 2.43. The van der Waals surface area contributed by atoms with Gasteiger partial charge in [0.1, 0.15) is 0 Å². The Hall–Kier alpha value is -1.35. The molecule has 0 spiro atoms. The molecule has 3 heteroatoms. The van der Waals surface area contributed by atoms with Gasteiger partial charge < -0.3 is 9.64 Å². The fourth-order valence-corrected chi connectivity index (χ4v) is 4.16. The highest BCUT2D eigenvalue weighted by atomic mass is 16.5. The van der Waals surface area contributed by atoms with Gasteiger partial charge in [-0.1, -0.05) is 30.3 Å². The lowest BCUT2D eigenvalue weighted by molar-refractivity contribution is -0.151. The van der Waals surface area contributed by atoms with E-state index >= 15 is 0 Å². The topological polar surface area (TPSA) is 29.5 Å². The van der Waals surface area contributed by atoms with Crippen LogP contribution in [-0.4, -0.2) is 37.1 Å². The van der Waals surface area contributed by atoms with Gasteiger partial charge in [-0.2, -0.15) is 0 Å². The predicted molar refractivity (Wildman–Crippen MR) is 78.3 cm³/mol. The molecule has 0 unspecified atom stereocenters. The quantitative estimate of drug-likeness (QED) is 0.793. The molecule has 20 heavy (non-hydrogen) atoms. The van der Waals surface area contributed by atoms with Gasteiger partial charge in [0.15, 0.2) is 0 Å². The first-order chi connectivity index (χ1) is 9.70. The zero-order valence-electron chi connectivity index (χ0n) is 12.3. The molecule has 4 atom stereocenters. The average molecular weight is 273 g/mol. The summed E-state index contributed by atoms with van der Waals surface area (Å²) in [5.74, 6) is 0.429. The molecule has 0 aliphatic carbocycles. The van der Waals surface area contributed by atoms with Crippen molar-refractivity contribution in [3.05, 3.63) is 35.9 Å². The normalized spacial score (nSPS) is 33.1. The third-order valence-corrected chi connectivity index (χ3v) is 5.25. The Morgan fingerprint density at radius 2 is 2.05 bits per heavy atom. The maximum absolute atomic E-state index is 12.2. The van der Waals surface area contributed by atoms with E-state index in [0.717, 1.165) is 12.8 Å². The minimum atomic E-state index is -0.0177. The molecule has 2 aliphatic heterocycles. The standard InChI is InChI=1S/C17H23NO2/c1-18-13-8-9-16(18)14(15(11-13)17(19)20-2)10-12-6-4-3-5-7-12/h3-7,13-16H,8-11H2,1-2H3/t13-,14+,15-,16-/m1/s1. The zero-order valence-corrected chi connectivity index (χ0v) is 12.3. The van der Waals surface area contributed by atoms with E-state index in [-0.39, 0.29) is 11.9 Å². The Kier molecular flexibility index (Phi) is 3.79. The molecule has 2 aliphatic rings. The molecule has 1 aromatic carbocycles. The van der Waals surface area contributed by atoms with Gasteiger partial charge in [0.2, 0.25) is 0 Å². The Balaban J connectivity index is 1.84. The smallest absolute Gasteiger partial charge is 0.309 e. The number of nitrogens with zero attached hydrogens (tertiary/aromatic N) is 1. The van der Waals surface area contributed by atoms with E-state index in [2.05, 4.69) is 36.2 Å². The number of rotatable bonds is 3. The van der Waals surface area contributed by atoms with Gasteiger partial charge in [-0.25, -0.2) is 0 Å². The van der Waals surface area contributed by atoms with E-state index in [1.165, 1.54) is 25.5 Å². The molecule has 2 heterocycles. The largest absolute Gasteiger partial charge is 0.469 e. The molecule has 108 valence electrons. The number of carbonyl (C=O) groups excluding carboxylic acids is 1. The molecule has 0 aromatic heterocycles. The molecular weight excluding hydrogens is 250 g/mol. The number of benzene rings is 1. The first-order valence-electron chi connectivity index (χ1n) is 7.54. The summed E-state index contributed by atoms with van der Waals surface area (Å²) in [6, 6.07) is 11.6. The van der Waals surface area contributed by atoms with Crippen molar-refractivity contribution in [2.45, 2.75) is 37.8 Å². The van der Waals surface area contributed by atoms with Gasteiger partial charge >= 0.3 is 5.97 Å². The molecule has 3 nitrogen and oxygen atoms in total. The summed E-state index contributed by atoms with van der Waals surface area (Å²) in [6.07, 6.45) is 4.37. The number of methoxy groups -OCH3 is 1. The monoisotopic (exact) mass is 273 g/mol. The van der Waals surface area contributed by atoms with E-state index in [4.69, 9.17) is 4.74 Å². The van der Waals surface area contributed by atoms with E-state index < -0.39 is 0 Å². The molecule has 2 saturated heterocycles. The number of fused-ring (bicyclic) bond motifs is 2. The van der Waals surface area contributed by atoms with Crippen molar-refractivity contribution in [1.29, 1.82) is 0 Å². The van der Waals surface area contributed by atoms with Crippen LogP contribution in [0.1, 0.15) is 24.8 Å². The van der Waals surface area contributed by atoms with Crippen LogP contribution in [0.4, 0.5) is 0 Å². The second-order valence-corrected chi connectivity index (χ2v) is 6.18. The summed E-state index contributed by atoms with van der Waals surface area (Å²) >= 11 is 0. The summed E-state index contributed by atoms with van der Waals surface area (Å²) < 4.78 is 5.06. The van der Waals surface area contributed by atoms with E-state index in [0.29, 0.717) is 18.0 Å². The second-order valence-electron chi connectivity index (χ2n) is 6.18. The molecular formula is C17H23NO2. The van der Waals surface area contributed by atoms with Gasteiger partial charge in [-0.3, -0.25) is 4.79 Å².